The van der Waals surface area contributed by atoms with E-state index in [2.05, 4.69) is 36.8 Å². The average Bonchev–Trinajstić information content (AvgIpc) is 2.71. The largest absolute Gasteiger partial charge is 0.480 e. The van der Waals surface area contributed by atoms with E-state index in [1.165, 1.54) is 0 Å². The number of pyridine rings is 2. The van der Waals surface area contributed by atoms with Crippen LogP contribution in [0.2, 0.25) is 0 Å². The lowest BCUT2D eigenvalue weighted by molar-refractivity contribution is -0.138. The molecule has 0 saturated heterocycles. The minimum atomic E-state index is -0.943. The van der Waals surface area contributed by atoms with E-state index >= 15 is 0 Å². The molecule has 8 nitrogen and oxygen atoms in total. The van der Waals surface area contributed by atoms with Gasteiger partial charge in [0.25, 0.3) is 0 Å². The van der Waals surface area contributed by atoms with E-state index in [0.717, 1.165) is 42.1 Å². The van der Waals surface area contributed by atoms with Crippen LogP contribution in [0.25, 0.3) is 0 Å². The molecule has 3 N–H and O–H groups in total. The zero-order chi connectivity index (χ0) is 22.1. The van der Waals surface area contributed by atoms with Gasteiger partial charge in [0.2, 0.25) is 0 Å². The van der Waals surface area contributed by atoms with Crippen LogP contribution in [-0.2, 0) is 17.9 Å². The molecule has 8 heteroatoms. The maximum absolute atomic E-state index is 10.9. The first-order valence-electron chi connectivity index (χ1n) is 10.2. The van der Waals surface area contributed by atoms with E-state index < -0.39 is 12.0 Å². The highest BCUT2D eigenvalue weighted by Crippen LogP contribution is 2.17. The highest BCUT2D eigenvalue weighted by Gasteiger charge is 2.13. The van der Waals surface area contributed by atoms with Gasteiger partial charge < -0.3 is 20.6 Å². The first-order valence-corrected chi connectivity index (χ1v) is 10.2. The van der Waals surface area contributed by atoms with Gasteiger partial charge in [-0.25, -0.2) is 0 Å². The first-order chi connectivity index (χ1) is 14.3. The number of aliphatic carboxylic acids is 1. The van der Waals surface area contributed by atoms with Gasteiger partial charge in [0.1, 0.15) is 6.04 Å². The Labute approximate surface area is 179 Å². The molecule has 2 rings (SSSR count). The van der Waals surface area contributed by atoms with E-state index in [1.54, 1.807) is 0 Å². The van der Waals surface area contributed by atoms with E-state index in [1.807, 2.05) is 52.7 Å². The van der Waals surface area contributed by atoms with Crippen molar-refractivity contribution in [1.82, 2.24) is 14.9 Å². The van der Waals surface area contributed by atoms with Crippen LogP contribution in [-0.4, -0.2) is 66.7 Å². The summed E-state index contributed by atoms with van der Waals surface area (Å²) in [5, 5.41) is 8.96. The van der Waals surface area contributed by atoms with Crippen LogP contribution in [0.1, 0.15) is 30.7 Å². The van der Waals surface area contributed by atoms with Crippen molar-refractivity contribution in [3.8, 4) is 0 Å². The first kappa shape index (κ1) is 23.6. The highest BCUT2D eigenvalue weighted by atomic mass is 16.4. The molecule has 0 saturated carbocycles. The summed E-state index contributed by atoms with van der Waals surface area (Å²) < 4.78 is 0. The number of unbranched alkanes of at least 4 members (excludes halogenated alkanes) is 1. The van der Waals surface area contributed by atoms with E-state index in [0.29, 0.717) is 19.5 Å². The topological polar surface area (TPSA) is 98.8 Å². The van der Waals surface area contributed by atoms with Gasteiger partial charge in [0.05, 0.1) is 11.4 Å². The number of carboxylic acids is 1. The molecule has 2 heterocycles. The fraction of sp³-hybridized carbons (Fsp3) is 0.500. The molecule has 0 radical (unpaired) electrons. The molecule has 0 spiro atoms. The molecule has 0 aliphatic rings. The van der Waals surface area contributed by atoms with Gasteiger partial charge in [-0.2, -0.15) is 0 Å². The summed E-state index contributed by atoms with van der Waals surface area (Å²) in [6, 6.07) is 7.37. The van der Waals surface area contributed by atoms with Crippen molar-refractivity contribution in [1.29, 1.82) is 0 Å². The molecular weight excluding hydrogens is 380 g/mol. The third kappa shape index (κ3) is 7.61. The summed E-state index contributed by atoms with van der Waals surface area (Å²) >= 11 is 0. The Morgan fingerprint density at radius 1 is 0.967 bits per heavy atom. The number of carbonyl (C=O) groups is 1. The molecular formula is C22H34N6O2. The predicted molar refractivity (Wildman–Crippen MR) is 121 cm³/mol. The summed E-state index contributed by atoms with van der Waals surface area (Å²) in [6.07, 6.45) is 5.77. The van der Waals surface area contributed by atoms with Crippen LogP contribution < -0.4 is 15.5 Å². The Bertz CT molecular complexity index is 758. The smallest absolute Gasteiger partial charge is 0.320 e. The molecule has 2 aromatic rings. The summed E-state index contributed by atoms with van der Waals surface area (Å²) in [7, 11) is 8.05. The fourth-order valence-electron chi connectivity index (χ4n) is 3.16. The van der Waals surface area contributed by atoms with Gasteiger partial charge in [0, 0.05) is 65.0 Å². The minimum Gasteiger partial charge on any atom is -0.480 e. The van der Waals surface area contributed by atoms with E-state index in [9.17, 15) is 4.79 Å². The van der Waals surface area contributed by atoms with Crippen LogP contribution in [0.3, 0.4) is 0 Å². The Morgan fingerprint density at radius 2 is 1.47 bits per heavy atom. The van der Waals surface area contributed by atoms with Crippen molar-refractivity contribution in [3.05, 3.63) is 48.0 Å². The van der Waals surface area contributed by atoms with Gasteiger partial charge in [-0.05, 0) is 43.7 Å². The van der Waals surface area contributed by atoms with Crippen LogP contribution in [0.5, 0.6) is 0 Å². The molecule has 0 aromatic carbocycles. The molecule has 0 fully saturated rings. The molecule has 0 aliphatic heterocycles. The number of anilines is 2. The van der Waals surface area contributed by atoms with Gasteiger partial charge in [-0.3, -0.25) is 19.7 Å². The predicted octanol–water partition coefficient (Wildman–Crippen LogP) is 2.19. The third-order valence-electron chi connectivity index (χ3n) is 4.96. The number of hydrogen-bond donors (Lipinski definition) is 2. The normalized spacial score (nSPS) is 12.1. The fourth-order valence-corrected chi connectivity index (χ4v) is 3.16. The second kappa shape index (κ2) is 11.5. The van der Waals surface area contributed by atoms with Gasteiger partial charge in [-0.1, -0.05) is 6.42 Å². The van der Waals surface area contributed by atoms with Crippen molar-refractivity contribution < 1.29 is 9.90 Å². The summed E-state index contributed by atoms with van der Waals surface area (Å²) in [6.45, 7) is 2.20. The Kier molecular flexibility index (Phi) is 9.01. The Morgan fingerprint density at radius 3 is 1.90 bits per heavy atom. The van der Waals surface area contributed by atoms with Crippen LogP contribution in [0, 0.1) is 0 Å². The van der Waals surface area contributed by atoms with Crippen LogP contribution in [0.15, 0.2) is 36.7 Å². The molecule has 30 heavy (non-hydrogen) atoms. The number of nitrogens with two attached hydrogens (primary N) is 1. The molecule has 1 atom stereocenters. The number of rotatable bonds is 12. The lowest BCUT2D eigenvalue weighted by atomic mass is 10.1. The monoisotopic (exact) mass is 414 g/mol. The van der Waals surface area contributed by atoms with Crippen LogP contribution in [0.4, 0.5) is 11.4 Å². The molecule has 1 unspecified atom stereocenters. The van der Waals surface area contributed by atoms with Gasteiger partial charge >= 0.3 is 5.97 Å². The second-order valence-electron chi connectivity index (χ2n) is 7.95. The van der Waals surface area contributed by atoms with E-state index in [-0.39, 0.29) is 0 Å². The minimum absolute atomic E-state index is 0.478. The van der Waals surface area contributed by atoms with Crippen LogP contribution >= 0.6 is 0 Å². The van der Waals surface area contributed by atoms with Gasteiger partial charge in [-0.15, -0.1) is 0 Å². The zero-order valence-corrected chi connectivity index (χ0v) is 18.5. The van der Waals surface area contributed by atoms with Crippen molar-refractivity contribution in [3.63, 3.8) is 0 Å². The van der Waals surface area contributed by atoms with Gasteiger partial charge in [0.15, 0.2) is 0 Å². The SMILES string of the molecule is CN(C)c1ccnc(CN(CCCCC(N)C(=O)O)Cc2cc(N(C)C)ccn2)c1. The molecule has 0 aliphatic carbocycles. The Balaban J connectivity index is 2.08. The average molecular weight is 415 g/mol. The zero-order valence-electron chi connectivity index (χ0n) is 18.5. The highest BCUT2D eigenvalue weighted by molar-refractivity contribution is 5.72. The van der Waals surface area contributed by atoms with Crippen molar-refractivity contribution in [2.24, 2.45) is 5.73 Å². The lowest BCUT2D eigenvalue weighted by Gasteiger charge is -2.23. The quantitative estimate of drug-likeness (QED) is 0.510. The van der Waals surface area contributed by atoms with Crippen molar-refractivity contribution >= 4 is 17.3 Å². The van der Waals surface area contributed by atoms with Crippen molar-refractivity contribution in [2.75, 3.05) is 44.5 Å². The second-order valence-corrected chi connectivity index (χ2v) is 7.95. The summed E-state index contributed by atoms with van der Waals surface area (Å²) in [5.74, 6) is -0.943. The lowest BCUT2D eigenvalue weighted by Crippen LogP contribution is -2.30. The number of aromatic nitrogens is 2. The standard InChI is InChI=1S/C22H34N6O2/c1-26(2)19-8-10-24-17(13-19)15-28(12-6-5-7-21(23)22(29)30)16-18-14-20(27(3)4)9-11-25-18/h8-11,13-14,21H,5-7,12,15-16,23H2,1-4H3,(H,29,30). The molecule has 0 amide bonds. The number of carboxylic acid groups (broad SMARTS) is 1. The maximum Gasteiger partial charge on any atom is 0.320 e. The summed E-state index contributed by atoms with van der Waals surface area (Å²) in [5.41, 5.74) is 9.84. The maximum atomic E-state index is 10.9. The molecule has 164 valence electrons. The molecule has 2 aromatic heterocycles. The third-order valence-corrected chi connectivity index (χ3v) is 4.96. The van der Waals surface area contributed by atoms with Crippen molar-refractivity contribution in [2.45, 2.75) is 38.4 Å². The number of nitrogens with zero attached hydrogens (tertiary/aromatic N) is 5. The number of hydrogen-bond acceptors (Lipinski definition) is 7. The summed E-state index contributed by atoms with van der Waals surface area (Å²) in [4.78, 5) is 26.4. The molecule has 0 bridgehead atoms. The van der Waals surface area contributed by atoms with E-state index in [4.69, 9.17) is 10.8 Å². The Hall–Kier alpha value is -2.71.